The molecule has 0 spiro atoms. The Hall–Kier alpha value is -1.18. The van der Waals surface area contributed by atoms with E-state index in [1.807, 2.05) is 27.7 Å². The van der Waals surface area contributed by atoms with Gasteiger partial charge in [-0.1, -0.05) is 32.6 Å². The lowest BCUT2D eigenvalue weighted by atomic mass is 9.80. The summed E-state index contributed by atoms with van der Waals surface area (Å²) in [7, 11) is 0. The Morgan fingerprint density at radius 1 is 0.811 bits per heavy atom. The predicted octanol–water partition coefficient (Wildman–Crippen LogP) is 6.98. The average Bonchev–Trinajstić information content (AvgIpc) is 2.71. The van der Waals surface area contributed by atoms with Crippen molar-refractivity contribution in [1.29, 1.82) is 0 Å². The van der Waals surface area contributed by atoms with Gasteiger partial charge in [0.05, 0.1) is 17.1 Å². The highest BCUT2D eigenvalue weighted by Gasteiger charge is 2.46. The van der Waals surface area contributed by atoms with E-state index in [1.165, 1.54) is 5.06 Å². The van der Waals surface area contributed by atoms with Crippen LogP contribution in [0.3, 0.4) is 0 Å². The maximum atomic E-state index is 12.8. The van der Waals surface area contributed by atoms with E-state index in [1.54, 1.807) is 0 Å². The van der Waals surface area contributed by atoms with Gasteiger partial charge in [0.25, 0.3) is 0 Å². The SMILES string of the molecule is CCC(CCCCCCCC(=O)OC1CC(C)(C)N(O)C(C)(C)C1)C(=O)OC1CC(C)(C)OC(C)(C)C1. The molecular formula is C30H55NO6. The molecule has 2 aliphatic heterocycles. The average molecular weight is 526 g/mol. The Balaban J connectivity index is 1.62. The molecule has 0 saturated carbocycles. The molecule has 0 aromatic rings. The number of hydrogen-bond acceptors (Lipinski definition) is 7. The highest BCUT2D eigenvalue weighted by atomic mass is 16.6. The topological polar surface area (TPSA) is 85.3 Å². The third-order valence-electron chi connectivity index (χ3n) is 7.93. The van der Waals surface area contributed by atoms with Gasteiger partial charge in [0, 0.05) is 43.2 Å². The van der Waals surface area contributed by atoms with E-state index in [4.69, 9.17) is 14.2 Å². The van der Waals surface area contributed by atoms with Crippen molar-refractivity contribution in [2.24, 2.45) is 5.92 Å². The van der Waals surface area contributed by atoms with Crippen LogP contribution in [0.1, 0.15) is 139 Å². The summed E-state index contributed by atoms with van der Waals surface area (Å²) in [5.74, 6) is -0.263. The van der Waals surface area contributed by atoms with E-state index in [2.05, 4.69) is 34.6 Å². The van der Waals surface area contributed by atoms with E-state index in [9.17, 15) is 14.8 Å². The molecule has 0 aliphatic carbocycles. The highest BCUT2D eigenvalue weighted by Crippen LogP contribution is 2.38. The van der Waals surface area contributed by atoms with Gasteiger partial charge in [-0.15, -0.1) is 0 Å². The third-order valence-corrected chi connectivity index (χ3v) is 7.93. The summed E-state index contributed by atoms with van der Waals surface area (Å²) in [5, 5.41) is 11.8. The largest absolute Gasteiger partial charge is 0.462 e. The summed E-state index contributed by atoms with van der Waals surface area (Å²) in [6, 6.07) is 0. The zero-order valence-corrected chi connectivity index (χ0v) is 25.2. The van der Waals surface area contributed by atoms with Crippen molar-refractivity contribution >= 4 is 11.9 Å². The van der Waals surface area contributed by atoms with Crippen molar-refractivity contribution < 1.29 is 29.0 Å². The molecule has 37 heavy (non-hydrogen) atoms. The molecule has 2 heterocycles. The third kappa shape index (κ3) is 10.1. The van der Waals surface area contributed by atoms with Crippen LogP contribution >= 0.6 is 0 Å². The van der Waals surface area contributed by atoms with Crippen LogP contribution in [-0.2, 0) is 23.8 Å². The van der Waals surface area contributed by atoms with Gasteiger partial charge in [-0.2, -0.15) is 5.06 Å². The molecule has 0 aromatic carbocycles. The van der Waals surface area contributed by atoms with Gasteiger partial charge in [0.15, 0.2) is 0 Å². The Labute approximate surface area is 225 Å². The first kappa shape index (κ1) is 32.0. The van der Waals surface area contributed by atoms with Gasteiger partial charge in [-0.25, -0.2) is 0 Å². The van der Waals surface area contributed by atoms with Crippen LogP contribution < -0.4 is 0 Å². The molecule has 2 fully saturated rings. The fraction of sp³-hybridized carbons (Fsp3) is 0.933. The number of unbranched alkanes of at least 4 members (excludes halogenated alkanes) is 4. The standard InChI is InChI=1S/C30H55NO6/c1-10-22(26(33)36-24-20-29(6,7)37-30(8,9)21-24)16-14-12-11-13-15-17-25(32)35-23-18-27(2,3)31(34)28(4,5)19-23/h22-24,34H,10-21H2,1-9H3. The van der Waals surface area contributed by atoms with E-state index in [-0.39, 0.29) is 41.3 Å². The van der Waals surface area contributed by atoms with Gasteiger partial charge in [-0.05, 0) is 74.7 Å². The fourth-order valence-corrected chi connectivity index (χ4v) is 6.53. The Kier molecular flexibility index (Phi) is 11.1. The summed E-state index contributed by atoms with van der Waals surface area (Å²) in [5.41, 5.74) is -1.42. The second-order valence-electron chi connectivity index (χ2n) is 14.0. The summed E-state index contributed by atoms with van der Waals surface area (Å²) in [6.45, 7) is 18.2. The van der Waals surface area contributed by atoms with Gasteiger partial charge in [-0.3, -0.25) is 9.59 Å². The minimum atomic E-state index is -0.423. The van der Waals surface area contributed by atoms with Crippen LogP contribution in [0.15, 0.2) is 0 Å². The normalized spacial score (nSPS) is 24.4. The zero-order valence-electron chi connectivity index (χ0n) is 25.2. The minimum absolute atomic E-state index is 0.0529. The lowest BCUT2D eigenvalue weighted by molar-refractivity contribution is -0.259. The molecule has 0 bridgehead atoms. The molecular weight excluding hydrogens is 470 g/mol. The molecule has 0 amide bonds. The van der Waals surface area contributed by atoms with Crippen LogP contribution in [0.25, 0.3) is 0 Å². The van der Waals surface area contributed by atoms with E-state index < -0.39 is 11.1 Å². The number of carbonyl (C=O) groups is 2. The number of nitrogens with zero attached hydrogens (tertiary/aromatic N) is 1. The Morgan fingerprint density at radius 3 is 1.84 bits per heavy atom. The molecule has 0 aromatic heterocycles. The quantitative estimate of drug-likeness (QED) is 0.217. The van der Waals surface area contributed by atoms with Crippen LogP contribution in [0.4, 0.5) is 0 Å². The molecule has 7 nitrogen and oxygen atoms in total. The van der Waals surface area contributed by atoms with E-state index in [0.29, 0.717) is 19.3 Å². The summed E-state index contributed by atoms with van der Waals surface area (Å²) in [4.78, 5) is 25.2. The van der Waals surface area contributed by atoms with E-state index >= 15 is 0 Å². The first-order chi connectivity index (χ1) is 17.0. The molecule has 216 valence electrons. The second-order valence-corrected chi connectivity index (χ2v) is 14.0. The van der Waals surface area contributed by atoms with Crippen LogP contribution in [0.5, 0.6) is 0 Å². The number of hydrogen-bond donors (Lipinski definition) is 1. The number of ether oxygens (including phenoxy) is 3. The molecule has 1 N–H and O–H groups in total. The van der Waals surface area contributed by atoms with Crippen molar-refractivity contribution in [3.8, 4) is 0 Å². The maximum absolute atomic E-state index is 12.8. The molecule has 1 unspecified atom stereocenters. The Morgan fingerprint density at radius 2 is 1.30 bits per heavy atom. The summed E-state index contributed by atoms with van der Waals surface area (Å²) in [6.07, 6.45) is 9.44. The number of hydroxylamine groups is 2. The lowest BCUT2D eigenvalue weighted by Crippen LogP contribution is -2.60. The van der Waals surface area contributed by atoms with Gasteiger partial charge in [0.2, 0.25) is 0 Å². The maximum Gasteiger partial charge on any atom is 0.309 e. The molecule has 0 radical (unpaired) electrons. The van der Waals surface area contributed by atoms with Gasteiger partial charge < -0.3 is 19.4 Å². The fourth-order valence-electron chi connectivity index (χ4n) is 6.53. The summed E-state index contributed by atoms with van der Waals surface area (Å²) >= 11 is 0. The zero-order chi connectivity index (χ0) is 28.1. The molecule has 7 heteroatoms. The molecule has 2 aliphatic rings. The van der Waals surface area contributed by atoms with Gasteiger partial charge >= 0.3 is 11.9 Å². The van der Waals surface area contributed by atoms with Crippen LogP contribution in [0.2, 0.25) is 0 Å². The number of carbonyl (C=O) groups excluding carboxylic acids is 2. The smallest absolute Gasteiger partial charge is 0.309 e. The van der Waals surface area contributed by atoms with Gasteiger partial charge in [0.1, 0.15) is 12.2 Å². The van der Waals surface area contributed by atoms with Crippen LogP contribution in [-0.4, -0.2) is 56.7 Å². The monoisotopic (exact) mass is 525 g/mol. The first-order valence-electron chi connectivity index (χ1n) is 14.6. The minimum Gasteiger partial charge on any atom is -0.462 e. The molecule has 2 saturated heterocycles. The van der Waals surface area contributed by atoms with E-state index in [0.717, 1.165) is 57.8 Å². The molecule has 1 atom stereocenters. The highest BCUT2D eigenvalue weighted by molar-refractivity contribution is 5.72. The number of esters is 2. The van der Waals surface area contributed by atoms with Crippen molar-refractivity contribution in [1.82, 2.24) is 5.06 Å². The lowest BCUT2D eigenvalue weighted by Gasteiger charge is -2.50. The number of rotatable bonds is 12. The second kappa shape index (κ2) is 12.8. The van der Waals surface area contributed by atoms with Crippen molar-refractivity contribution in [3.05, 3.63) is 0 Å². The predicted molar refractivity (Wildman–Crippen MR) is 145 cm³/mol. The number of piperidine rings is 1. The van der Waals surface area contributed by atoms with Crippen molar-refractivity contribution in [2.45, 2.75) is 174 Å². The summed E-state index contributed by atoms with van der Waals surface area (Å²) < 4.78 is 17.8. The molecule has 2 rings (SSSR count). The van der Waals surface area contributed by atoms with Crippen LogP contribution in [0, 0.1) is 5.92 Å². The first-order valence-corrected chi connectivity index (χ1v) is 14.6. The Bertz CT molecular complexity index is 725. The van der Waals surface area contributed by atoms with Crippen molar-refractivity contribution in [3.63, 3.8) is 0 Å². The van der Waals surface area contributed by atoms with Crippen molar-refractivity contribution in [2.75, 3.05) is 0 Å².